The van der Waals surface area contributed by atoms with Crippen molar-refractivity contribution in [1.82, 2.24) is 0 Å². The highest BCUT2D eigenvalue weighted by molar-refractivity contribution is 4.98. The maximum atomic E-state index is 2.41. The molecule has 0 unspecified atom stereocenters. The lowest BCUT2D eigenvalue weighted by atomic mass is 10.0. The van der Waals surface area contributed by atoms with Gasteiger partial charge in [0.15, 0.2) is 0 Å². The highest BCUT2D eigenvalue weighted by Crippen LogP contribution is 2.11. The molecule has 0 aromatic heterocycles. The third-order valence-corrected chi connectivity index (χ3v) is 2.03. The van der Waals surface area contributed by atoms with Gasteiger partial charge in [0.2, 0.25) is 0 Å². The Balaban J connectivity index is 3.41. The fourth-order valence-electron chi connectivity index (χ4n) is 1.47. The van der Waals surface area contributed by atoms with Gasteiger partial charge in [0.1, 0.15) is 0 Å². The summed E-state index contributed by atoms with van der Waals surface area (Å²) < 4.78 is 0. The lowest BCUT2D eigenvalue weighted by Gasteiger charge is -2.04. The normalized spacial score (nSPS) is 12.6. The van der Waals surface area contributed by atoms with E-state index in [4.69, 9.17) is 0 Å². The maximum Gasteiger partial charge on any atom is -0.0300 e. The summed E-state index contributed by atoms with van der Waals surface area (Å²) in [5.41, 5.74) is 1.57. The summed E-state index contributed by atoms with van der Waals surface area (Å²) in [6.45, 7) is 9.07. The van der Waals surface area contributed by atoms with Crippen molar-refractivity contribution >= 4 is 0 Å². The van der Waals surface area contributed by atoms with Crippen LogP contribution >= 0.6 is 0 Å². The Hall–Kier alpha value is -0.260. The quantitative estimate of drug-likeness (QED) is 0.403. The molecule has 0 amide bonds. The fraction of sp³-hybridized carbons (Fsp3) is 0.833. The zero-order valence-corrected chi connectivity index (χ0v) is 9.19. The number of hydrogen-bond donors (Lipinski definition) is 0. The minimum absolute atomic E-state index is 0.812. The molecular weight excluding hydrogens is 144 g/mol. The second-order valence-electron chi connectivity index (χ2n) is 4.14. The molecule has 0 aromatic carbocycles. The van der Waals surface area contributed by atoms with Gasteiger partial charge in [-0.25, -0.2) is 0 Å². The molecule has 0 radical (unpaired) electrons. The van der Waals surface area contributed by atoms with Crippen LogP contribution in [0, 0.1) is 5.92 Å². The van der Waals surface area contributed by atoms with Crippen molar-refractivity contribution in [3.63, 3.8) is 0 Å². The van der Waals surface area contributed by atoms with Gasteiger partial charge in [-0.2, -0.15) is 0 Å². The van der Waals surface area contributed by atoms with Crippen LogP contribution in [0.1, 0.15) is 59.8 Å². The summed E-state index contributed by atoms with van der Waals surface area (Å²) in [6, 6.07) is 0. The third-order valence-electron chi connectivity index (χ3n) is 2.03. The van der Waals surface area contributed by atoms with E-state index in [1.165, 1.54) is 32.1 Å². The summed E-state index contributed by atoms with van der Waals surface area (Å²) >= 11 is 0. The fourth-order valence-corrected chi connectivity index (χ4v) is 1.47. The molecule has 0 saturated carbocycles. The van der Waals surface area contributed by atoms with Crippen molar-refractivity contribution in [3.05, 3.63) is 11.6 Å². The van der Waals surface area contributed by atoms with Crippen molar-refractivity contribution in [2.75, 3.05) is 0 Å². The first-order valence-electron chi connectivity index (χ1n) is 5.32. The van der Waals surface area contributed by atoms with Crippen molar-refractivity contribution in [3.8, 4) is 0 Å². The molecule has 0 nitrogen and oxygen atoms in total. The lowest BCUT2D eigenvalue weighted by molar-refractivity contribution is 0.637. The van der Waals surface area contributed by atoms with Crippen LogP contribution in [-0.2, 0) is 0 Å². The average molecular weight is 168 g/mol. The first kappa shape index (κ1) is 11.7. The summed E-state index contributed by atoms with van der Waals surface area (Å²) in [7, 11) is 0. The monoisotopic (exact) mass is 168 g/mol. The van der Waals surface area contributed by atoms with Gasteiger partial charge < -0.3 is 0 Å². The SMILES string of the molecule is CCCCCC=C(C)CC(C)C. The largest absolute Gasteiger partial charge is 0.0856 e. The van der Waals surface area contributed by atoms with E-state index in [-0.39, 0.29) is 0 Å². The molecule has 0 aliphatic heterocycles. The van der Waals surface area contributed by atoms with Crippen LogP contribution in [-0.4, -0.2) is 0 Å². The molecule has 12 heavy (non-hydrogen) atoms. The summed E-state index contributed by atoms with van der Waals surface area (Å²) in [6.07, 6.45) is 9.04. The zero-order valence-electron chi connectivity index (χ0n) is 9.19. The van der Waals surface area contributed by atoms with Crippen LogP contribution in [0.3, 0.4) is 0 Å². The van der Waals surface area contributed by atoms with Crippen molar-refractivity contribution < 1.29 is 0 Å². The van der Waals surface area contributed by atoms with Crippen LogP contribution in [0.2, 0.25) is 0 Å². The molecule has 72 valence electrons. The van der Waals surface area contributed by atoms with E-state index in [1.54, 1.807) is 5.57 Å². The first-order chi connectivity index (χ1) is 5.66. The summed E-state index contributed by atoms with van der Waals surface area (Å²) in [5.74, 6) is 0.812. The molecule has 0 N–H and O–H groups in total. The van der Waals surface area contributed by atoms with Gasteiger partial charge in [0.05, 0.1) is 0 Å². The molecule has 0 aromatic rings. The minimum atomic E-state index is 0.812. The maximum absolute atomic E-state index is 2.41. The van der Waals surface area contributed by atoms with Gasteiger partial charge in [-0.3, -0.25) is 0 Å². The highest BCUT2D eigenvalue weighted by atomic mass is 14.0. The Morgan fingerprint density at radius 1 is 1.25 bits per heavy atom. The third kappa shape index (κ3) is 7.84. The molecule has 0 aliphatic carbocycles. The van der Waals surface area contributed by atoms with Crippen molar-refractivity contribution in [2.45, 2.75) is 59.8 Å². The molecule has 0 fully saturated rings. The highest BCUT2D eigenvalue weighted by Gasteiger charge is 1.94. The van der Waals surface area contributed by atoms with E-state index in [2.05, 4.69) is 33.8 Å². The molecule has 0 saturated heterocycles. The van der Waals surface area contributed by atoms with Crippen molar-refractivity contribution in [1.29, 1.82) is 0 Å². The Morgan fingerprint density at radius 2 is 1.92 bits per heavy atom. The molecule has 0 heterocycles. The number of rotatable bonds is 6. The first-order valence-corrected chi connectivity index (χ1v) is 5.32. The molecule has 0 atom stereocenters. The summed E-state index contributed by atoms with van der Waals surface area (Å²) in [5, 5.41) is 0. The minimum Gasteiger partial charge on any atom is -0.0856 e. The molecule has 0 rings (SSSR count). The average Bonchev–Trinajstić information content (AvgIpc) is 1.97. The van der Waals surface area contributed by atoms with Gasteiger partial charge in [-0.05, 0) is 32.1 Å². The van der Waals surface area contributed by atoms with Gasteiger partial charge in [0.25, 0.3) is 0 Å². The molecule has 0 heteroatoms. The number of unbranched alkanes of at least 4 members (excludes halogenated alkanes) is 3. The van der Waals surface area contributed by atoms with Crippen LogP contribution in [0.4, 0.5) is 0 Å². The predicted octanol–water partition coefficient (Wildman–Crippen LogP) is 4.56. The van der Waals surface area contributed by atoms with Crippen molar-refractivity contribution in [2.24, 2.45) is 5.92 Å². The van der Waals surface area contributed by atoms with Gasteiger partial charge >= 0.3 is 0 Å². The predicted molar refractivity (Wildman–Crippen MR) is 57.4 cm³/mol. The van der Waals surface area contributed by atoms with Gasteiger partial charge in [-0.1, -0.05) is 45.3 Å². The molecule has 0 bridgehead atoms. The smallest absolute Gasteiger partial charge is 0.0300 e. The second-order valence-corrected chi connectivity index (χ2v) is 4.14. The molecule has 0 aliphatic rings. The molecular formula is C12H24. The number of hydrogen-bond acceptors (Lipinski definition) is 0. The second kappa shape index (κ2) is 7.39. The Kier molecular flexibility index (Phi) is 7.23. The van der Waals surface area contributed by atoms with E-state index >= 15 is 0 Å². The number of allylic oxidation sites excluding steroid dienone is 2. The van der Waals surface area contributed by atoms with E-state index in [0.29, 0.717) is 0 Å². The molecule has 0 spiro atoms. The van der Waals surface area contributed by atoms with Crippen LogP contribution in [0.25, 0.3) is 0 Å². The zero-order chi connectivity index (χ0) is 9.40. The van der Waals surface area contributed by atoms with Gasteiger partial charge in [-0.15, -0.1) is 0 Å². The Morgan fingerprint density at radius 3 is 2.42 bits per heavy atom. The topological polar surface area (TPSA) is 0 Å². The summed E-state index contributed by atoms with van der Waals surface area (Å²) in [4.78, 5) is 0. The Labute approximate surface area is 78.1 Å². The van der Waals surface area contributed by atoms with E-state index in [9.17, 15) is 0 Å². The van der Waals surface area contributed by atoms with Crippen LogP contribution in [0.5, 0.6) is 0 Å². The lowest BCUT2D eigenvalue weighted by Crippen LogP contribution is -1.87. The van der Waals surface area contributed by atoms with E-state index in [1.807, 2.05) is 0 Å². The Bertz CT molecular complexity index is 120. The van der Waals surface area contributed by atoms with E-state index < -0.39 is 0 Å². The van der Waals surface area contributed by atoms with Gasteiger partial charge in [0, 0.05) is 0 Å². The van der Waals surface area contributed by atoms with Crippen LogP contribution < -0.4 is 0 Å². The van der Waals surface area contributed by atoms with Crippen LogP contribution in [0.15, 0.2) is 11.6 Å². The standard InChI is InChI=1S/C12H24/c1-5-6-7-8-9-12(4)10-11(2)3/h9,11H,5-8,10H2,1-4H3. The van der Waals surface area contributed by atoms with E-state index in [0.717, 1.165) is 5.92 Å².